The van der Waals surface area contributed by atoms with Gasteiger partial charge in [0, 0.05) is 25.7 Å². The van der Waals surface area contributed by atoms with Crippen molar-refractivity contribution in [3.8, 4) is 11.5 Å². The Morgan fingerprint density at radius 2 is 1.52 bits per heavy atom. The molecule has 0 fully saturated rings. The Morgan fingerprint density at radius 3 is 2.16 bits per heavy atom. The molecule has 0 radical (unpaired) electrons. The number of methoxy groups -OCH3 is 2. The second-order valence-electron chi connectivity index (χ2n) is 6.62. The molecule has 0 heterocycles. The number of nitrogens with one attached hydrogen (secondary N) is 1. The summed E-state index contributed by atoms with van der Waals surface area (Å²) >= 11 is 0. The standard InChI is InChI=1S/C21H30N2O2/c1-16(2)23(3)15-19-8-6-7-17(11-19)13-22-14-18-9-10-20(24-4)21(12-18)25-5/h6-12,16,22H,13-15H2,1-5H3. The van der Waals surface area contributed by atoms with Gasteiger partial charge in [0.05, 0.1) is 14.2 Å². The predicted octanol–water partition coefficient (Wildman–Crippen LogP) is 3.83. The molecule has 1 N–H and O–H groups in total. The minimum absolute atomic E-state index is 0.548. The zero-order chi connectivity index (χ0) is 18.2. The van der Waals surface area contributed by atoms with Gasteiger partial charge in [-0.25, -0.2) is 0 Å². The maximum Gasteiger partial charge on any atom is 0.161 e. The molecule has 4 nitrogen and oxygen atoms in total. The minimum Gasteiger partial charge on any atom is -0.493 e. The Balaban J connectivity index is 1.91. The normalized spacial score (nSPS) is 11.2. The number of ether oxygens (including phenoxy) is 2. The van der Waals surface area contributed by atoms with Crippen LogP contribution in [0.1, 0.15) is 30.5 Å². The Morgan fingerprint density at radius 1 is 0.880 bits per heavy atom. The molecule has 0 unspecified atom stereocenters. The summed E-state index contributed by atoms with van der Waals surface area (Å²) in [5.41, 5.74) is 3.82. The van der Waals surface area contributed by atoms with Crippen LogP contribution in [0.2, 0.25) is 0 Å². The Kier molecular flexibility index (Phi) is 7.29. The molecule has 2 aromatic rings. The van der Waals surface area contributed by atoms with E-state index in [1.165, 1.54) is 16.7 Å². The van der Waals surface area contributed by atoms with Gasteiger partial charge in [-0.1, -0.05) is 30.3 Å². The topological polar surface area (TPSA) is 33.7 Å². The molecule has 0 spiro atoms. The van der Waals surface area contributed by atoms with Gasteiger partial charge in [-0.15, -0.1) is 0 Å². The zero-order valence-corrected chi connectivity index (χ0v) is 16.0. The third-order valence-electron chi connectivity index (χ3n) is 4.41. The van der Waals surface area contributed by atoms with E-state index in [0.717, 1.165) is 31.1 Å². The lowest BCUT2D eigenvalue weighted by molar-refractivity contribution is 0.266. The zero-order valence-electron chi connectivity index (χ0n) is 16.0. The Labute approximate surface area is 151 Å². The van der Waals surface area contributed by atoms with Crippen molar-refractivity contribution in [1.29, 1.82) is 0 Å². The first-order valence-corrected chi connectivity index (χ1v) is 8.73. The van der Waals surface area contributed by atoms with Crippen molar-refractivity contribution in [2.45, 2.75) is 39.5 Å². The Bertz CT molecular complexity index is 671. The largest absolute Gasteiger partial charge is 0.493 e. The lowest BCUT2D eigenvalue weighted by Crippen LogP contribution is -2.25. The summed E-state index contributed by atoms with van der Waals surface area (Å²) in [6.07, 6.45) is 0. The number of benzene rings is 2. The average molecular weight is 342 g/mol. The van der Waals surface area contributed by atoms with E-state index in [9.17, 15) is 0 Å². The van der Waals surface area contributed by atoms with Gasteiger partial charge in [-0.3, -0.25) is 4.90 Å². The molecule has 25 heavy (non-hydrogen) atoms. The molecule has 0 aromatic heterocycles. The molecule has 2 aromatic carbocycles. The van der Waals surface area contributed by atoms with Crippen LogP contribution >= 0.6 is 0 Å². The van der Waals surface area contributed by atoms with Crippen molar-refractivity contribution in [1.82, 2.24) is 10.2 Å². The molecule has 0 atom stereocenters. The van der Waals surface area contributed by atoms with Gasteiger partial charge in [0.1, 0.15) is 0 Å². The van der Waals surface area contributed by atoms with Crippen LogP contribution < -0.4 is 14.8 Å². The SMILES string of the molecule is COc1ccc(CNCc2cccc(CN(C)C(C)C)c2)cc1OC. The maximum absolute atomic E-state index is 5.36. The molecule has 0 aliphatic heterocycles. The molecule has 2 rings (SSSR count). The van der Waals surface area contributed by atoms with Crippen molar-refractivity contribution in [3.63, 3.8) is 0 Å². The summed E-state index contributed by atoms with van der Waals surface area (Å²) in [7, 11) is 5.47. The number of nitrogens with zero attached hydrogens (tertiary/aromatic N) is 1. The molecule has 0 saturated heterocycles. The highest BCUT2D eigenvalue weighted by molar-refractivity contribution is 5.42. The van der Waals surface area contributed by atoms with Crippen LogP contribution in [-0.2, 0) is 19.6 Å². The van der Waals surface area contributed by atoms with E-state index in [2.05, 4.69) is 61.4 Å². The maximum atomic E-state index is 5.36. The van der Waals surface area contributed by atoms with Crippen molar-refractivity contribution >= 4 is 0 Å². The highest BCUT2D eigenvalue weighted by atomic mass is 16.5. The molecule has 0 saturated carbocycles. The molecular formula is C21H30N2O2. The van der Waals surface area contributed by atoms with Gasteiger partial charge in [-0.05, 0) is 49.7 Å². The second kappa shape index (κ2) is 9.44. The lowest BCUT2D eigenvalue weighted by atomic mass is 10.1. The lowest BCUT2D eigenvalue weighted by Gasteiger charge is -2.21. The molecule has 0 amide bonds. The van der Waals surface area contributed by atoms with E-state index in [0.29, 0.717) is 6.04 Å². The van der Waals surface area contributed by atoms with Gasteiger partial charge >= 0.3 is 0 Å². The molecule has 4 heteroatoms. The van der Waals surface area contributed by atoms with E-state index in [4.69, 9.17) is 9.47 Å². The second-order valence-corrected chi connectivity index (χ2v) is 6.62. The van der Waals surface area contributed by atoms with Crippen LogP contribution in [0.15, 0.2) is 42.5 Å². The third-order valence-corrected chi connectivity index (χ3v) is 4.41. The van der Waals surface area contributed by atoms with Crippen LogP contribution in [0.5, 0.6) is 11.5 Å². The van der Waals surface area contributed by atoms with Crippen LogP contribution in [0.4, 0.5) is 0 Å². The number of rotatable bonds is 9. The van der Waals surface area contributed by atoms with E-state index in [1.807, 2.05) is 12.1 Å². The minimum atomic E-state index is 0.548. The highest BCUT2D eigenvalue weighted by Crippen LogP contribution is 2.27. The summed E-state index contributed by atoms with van der Waals surface area (Å²) in [6, 6.07) is 15.3. The number of hydrogen-bond acceptors (Lipinski definition) is 4. The van der Waals surface area contributed by atoms with Gasteiger partial charge in [0.15, 0.2) is 11.5 Å². The fourth-order valence-corrected chi connectivity index (χ4v) is 2.65. The van der Waals surface area contributed by atoms with Crippen LogP contribution in [0.25, 0.3) is 0 Å². The summed E-state index contributed by atoms with van der Waals surface area (Å²) < 4.78 is 10.6. The van der Waals surface area contributed by atoms with E-state index < -0.39 is 0 Å². The average Bonchev–Trinajstić information content (AvgIpc) is 2.61. The summed E-state index contributed by atoms with van der Waals surface area (Å²) in [5.74, 6) is 1.52. The number of hydrogen-bond donors (Lipinski definition) is 1. The summed E-state index contributed by atoms with van der Waals surface area (Å²) in [5, 5.41) is 3.50. The van der Waals surface area contributed by atoms with Gasteiger partial charge in [0.25, 0.3) is 0 Å². The van der Waals surface area contributed by atoms with Crippen LogP contribution in [-0.4, -0.2) is 32.2 Å². The van der Waals surface area contributed by atoms with E-state index >= 15 is 0 Å². The first-order chi connectivity index (χ1) is 12.0. The Hall–Kier alpha value is -2.04. The predicted molar refractivity (Wildman–Crippen MR) is 103 cm³/mol. The smallest absolute Gasteiger partial charge is 0.161 e. The van der Waals surface area contributed by atoms with Crippen molar-refractivity contribution in [3.05, 3.63) is 59.2 Å². The fraction of sp³-hybridized carbons (Fsp3) is 0.429. The first-order valence-electron chi connectivity index (χ1n) is 8.73. The van der Waals surface area contributed by atoms with Gasteiger partial charge in [0.2, 0.25) is 0 Å². The fourth-order valence-electron chi connectivity index (χ4n) is 2.65. The van der Waals surface area contributed by atoms with Crippen LogP contribution in [0, 0.1) is 0 Å². The van der Waals surface area contributed by atoms with Gasteiger partial charge < -0.3 is 14.8 Å². The van der Waals surface area contributed by atoms with Gasteiger partial charge in [-0.2, -0.15) is 0 Å². The molecular weight excluding hydrogens is 312 g/mol. The molecule has 0 aliphatic rings. The van der Waals surface area contributed by atoms with E-state index in [-0.39, 0.29) is 0 Å². The summed E-state index contributed by atoms with van der Waals surface area (Å²) in [4.78, 5) is 2.34. The first kappa shape index (κ1) is 19.3. The van der Waals surface area contributed by atoms with Crippen LogP contribution in [0.3, 0.4) is 0 Å². The van der Waals surface area contributed by atoms with Crippen molar-refractivity contribution in [2.75, 3.05) is 21.3 Å². The highest BCUT2D eigenvalue weighted by Gasteiger charge is 2.06. The van der Waals surface area contributed by atoms with Crippen molar-refractivity contribution in [2.24, 2.45) is 0 Å². The third kappa shape index (κ3) is 5.76. The summed E-state index contributed by atoms with van der Waals surface area (Å²) in [6.45, 7) is 7.04. The molecule has 136 valence electrons. The van der Waals surface area contributed by atoms with Crippen molar-refractivity contribution < 1.29 is 9.47 Å². The molecule has 0 bridgehead atoms. The molecule has 0 aliphatic carbocycles. The quantitative estimate of drug-likeness (QED) is 0.751. The monoisotopic (exact) mass is 342 g/mol. The van der Waals surface area contributed by atoms with E-state index in [1.54, 1.807) is 14.2 Å².